The van der Waals surface area contributed by atoms with Gasteiger partial charge in [0.15, 0.2) is 0 Å². The zero-order valence-electron chi connectivity index (χ0n) is 5.67. The topological polar surface area (TPSA) is 18.5 Å². The van der Waals surface area contributed by atoms with Gasteiger partial charge in [-0.3, -0.25) is 4.89 Å². The van der Waals surface area contributed by atoms with Crippen LogP contribution in [-0.4, -0.2) is 13.5 Å². The van der Waals surface area contributed by atoms with Crippen LogP contribution >= 0.6 is 0 Å². The molecule has 9 heavy (non-hydrogen) atoms. The molecule has 0 saturated carbocycles. The first-order valence-corrected chi connectivity index (χ1v) is 3.33. The summed E-state index contributed by atoms with van der Waals surface area (Å²) in [5.41, 5.74) is 0. The quantitative estimate of drug-likeness (QED) is 0.317. The largest absolute Gasteiger partial charge is 0.346 e. The van der Waals surface area contributed by atoms with Gasteiger partial charge in [-0.15, -0.1) is 0 Å². The summed E-state index contributed by atoms with van der Waals surface area (Å²) >= 11 is 0. The summed E-state index contributed by atoms with van der Waals surface area (Å²) in [6, 6.07) is 0. The number of hydrogen-bond donors (Lipinski definition) is 0. The summed E-state index contributed by atoms with van der Waals surface area (Å²) in [7, 11) is 0. The predicted molar refractivity (Wildman–Crippen MR) is 37.2 cm³/mol. The Balaban J connectivity index is 2.11. The summed E-state index contributed by atoms with van der Waals surface area (Å²) in [4.78, 5) is 9.62. The lowest BCUT2D eigenvalue weighted by molar-refractivity contribution is -0.185. The fraction of sp³-hybridized carbons (Fsp3) is 0.667. The van der Waals surface area contributed by atoms with Gasteiger partial charge in [0.2, 0.25) is 0 Å². The molecule has 0 radical (unpaired) electrons. The van der Waals surface area contributed by atoms with Crippen molar-refractivity contribution in [3.05, 3.63) is 12.2 Å². The molecule has 1 rings (SSSR count). The van der Waals surface area contributed by atoms with Crippen LogP contribution < -0.4 is 0 Å². The SMILES string of the molecule is C/C=C/CB1CCOO1. The van der Waals surface area contributed by atoms with Gasteiger partial charge < -0.3 is 4.81 Å². The molecule has 2 nitrogen and oxygen atoms in total. The van der Waals surface area contributed by atoms with Crippen molar-refractivity contribution < 1.29 is 9.69 Å². The second-order valence-electron chi connectivity index (χ2n) is 2.13. The fourth-order valence-electron chi connectivity index (χ4n) is 0.817. The Labute approximate surface area is 55.9 Å². The van der Waals surface area contributed by atoms with Gasteiger partial charge in [0.25, 0.3) is 0 Å². The van der Waals surface area contributed by atoms with E-state index in [9.17, 15) is 0 Å². The molecule has 0 bridgehead atoms. The first-order chi connectivity index (χ1) is 4.43. The highest BCUT2D eigenvalue weighted by atomic mass is 17.2. The van der Waals surface area contributed by atoms with Crippen LogP contribution in [0.5, 0.6) is 0 Å². The Bertz CT molecular complexity index is 97.2. The van der Waals surface area contributed by atoms with Gasteiger partial charge in [0, 0.05) is 0 Å². The van der Waals surface area contributed by atoms with Gasteiger partial charge in [-0.2, -0.15) is 0 Å². The zero-order chi connectivity index (χ0) is 6.53. The molecule has 1 fully saturated rings. The summed E-state index contributed by atoms with van der Waals surface area (Å²) in [5, 5.41) is 0. The van der Waals surface area contributed by atoms with Crippen LogP contribution in [0.4, 0.5) is 0 Å². The van der Waals surface area contributed by atoms with E-state index in [0.29, 0.717) is 6.92 Å². The molecule has 0 aliphatic carbocycles. The zero-order valence-corrected chi connectivity index (χ0v) is 5.67. The van der Waals surface area contributed by atoms with Crippen molar-refractivity contribution >= 4 is 6.92 Å². The molecule has 1 aliphatic rings. The van der Waals surface area contributed by atoms with E-state index in [2.05, 4.69) is 6.08 Å². The molecule has 50 valence electrons. The van der Waals surface area contributed by atoms with Gasteiger partial charge in [-0.05, 0) is 19.6 Å². The lowest BCUT2D eigenvalue weighted by Gasteiger charge is -1.94. The summed E-state index contributed by atoms with van der Waals surface area (Å²) in [6.07, 6.45) is 6.14. The lowest BCUT2D eigenvalue weighted by atomic mass is 9.63. The van der Waals surface area contributed by atoms with Gasteiger partial charge in [0.05, 0.1) is 6.61 Å². The minimum absolute atomic E-state index is 0.307. The predicted octanol–water partition coefficient (Wildman–Crippen LogP) is 1.52. The number of hydrogen-bond acceptors (Lipinski definition) is 2. The molecule has 3 heteroatoms. The van der Waals surface area contributed by atoms with Crippen LogP contribution in [0.25, 0.3) is 0 Å². The van der Waals surface area contributed by atoms with Gasteiger partial charge in [-0.25, -0.2) is 0 Å². The Kier molecular flexibility index (Phi) is 2.81. The maximum absolute atomic E-state index is 4.90. The number of allylic oxidation sites excluding steroid dienone is 2. The molecular weight excluding hydrogens is 115 g/mol. The molecule has 0 aromatic heterocycles. The molecule has 1 aliphatic heterocycles. The van der Waals surface area contributed by atoms with E-state index in [1.165, 1.54) is 0 Å². The smallest absolute Gasteiger partial charge is 0.304 e. The van der Waals surface area contributed by atoms with E-state index in [1.807, 2.05) is 13.0 Å². The standard InChI is InChI=1S/C6H11BO2/c1-2-3-4-7-5-6-8-9-7/h2-3H,4-6H2,1H3/b3-2+. The average molecular weight is 126 g/mol. The molecule has 0 spiro atoms. The van der Waals surface area contributed by atoms with E-state index < -0.39 is 0 Å². The molecule has 0 unspecified atom stereocenters. The maximum atomic E-state index is 4.90. The third kappa shape index (κ3) is 2.20. The van der Waals surface area contributed by atoms with Crippen LogP contribution in [0.2, 0.25) is 12.6 Å². The number of rotatable bonds is 2. The van der Waals surface area contributed by atoms with Crippen molar-refractivity contribution in [1.29, 1.82) is 0 Å². The first kappa shape index (κ1) is 6.84. The van der Waals surface area contributed by atoms with E-state index >= 15 is 0 Å². The molecule has 1 heterocycles. The third-order valence-corrected chi connectivity index (χ3v) is 1.36. The Morgan fingerprint density at radius 1 is 1.67 bits per heavy atom. The highest BCUT2D eigenvalue weighted by Gasteiger charge is 2.20. The van der Waals surface area contributed by atoms with Crippen LogP contribution in [0.1, 0.15) is 6.92 Å². The Morgan fingerprint density at radius 3 is 3.11 bits per heavy atom. The van der Waals surface area contributed by atoms with E-state index in [4.69, 9.17) is 9.69 Å². The van der Waals surface area contributed by atoms with Crippen LogP contribution in [-0.2, 0) is 9.69 Å². The summed E-state index contributed by atoms with van der Waals surface area (Å²) in [6.45, 7) is 3.07. The molecule has 0 N–H and O–H groups in total. The van der Waals surface area contributed by atoms with E-state index in [-0.39, 0.29) is 0 Å². The van der Waals surface area contributed by atoms with Crippen molar-refractivity contribution in [1.82, 2.24) is 0 Å². The summed E-state index contributed by atoms with van der Waals surface area (Å²) < 4.78 is 0. The fourth-order valence-corrected chi connectivity index (χ4v) is 0.817. The van der Waals surface area contributed by atoms with Crippen LogP contribution in [0, 0.1) is 0 Å². The second-order valence-corrected chi connectivity index (χ2v) is 2.13. The molecular formula is C6H11BO2. The second kappa shape index (κ2) is 3.69. The van der Waals surface area contributed by atoms with Crippen LogP contribution in [0.3, 0.4) is 0 Å². The van der Waals surface area contributed by atoms with E-state index in [0.717, 1.165) is 19.2 Å². The third-order valence-electron chi connectivity index (χ3n) is 1.36. The van der Waals surface area contributed by atoms with Gasteiger partial charge >= 0.3 is 6.92 Å². The molecule has 0 aromatic rings. The van der Waals surface area contributed by atoms with E-state index in [1.54, 1.807) is 0 Å². The van der Waals surface area contributed by atoms with Gasteiger partial charge in [-0.1, -0.05) is 12.2 Å². The molecule has 1 saturated heterocycles. The minimum Gasteiger partial charge on any atom is -0.304 e. The van der Waals surface area contributed by atoms with Crippen molar-refractivity contribution in [2.45, 2.75) is 19.6 Å². The van der Waals surface area contributed by atoms with Crippen molar-refractivity contribution in [2.75, 3.05) is 6.61 Å². The Hall–Kier alpha value is -0.275. The molecule has 0 amide bonds. The minimum atomic E-state index is 0.307. The van der Waals surface area contributed by atoms with Crippen molar-refractivity contribution in [2.24, 2.45) is 0 Å². The normalized spacial score (nSPS) is 19.9. The highest BCUT2D eigenvalue weighted by molar-refractivity contribution is 6.52. The maximum Gasteiger partial charge on any atom is 0.346 e. The van der Waals surface area contributed by atoms with Gasteiger partial charge in [0.1, 0.15) is 0 Å². The van der Waals surface area contributed by atoms with Crippen molar-refractivity contribution in [3.8, 4) is 0 Å². The summed E-state index contributed by atoms with van der Waals surface area (Å²) in [5.74, 6) is 0. The molecule has 0 atom stereocenters. The monoisotopic (exact) mass is 126 g/mol. The average Bonchev–Trinajstić information content (AvgIpc) is 2.34. The Morgan fingerprint density at radius 2 is 2.56 bits per heavy atom. The lowest BCUT2D eigenvalue weighted by Crippen LogP contribution is -2.07. The highest BCUT2D eigenvalue weighted by Crippen LogP contribution is 2.10. The first-order valence-electron chi connectivity index (χ1n) is 3.33. The van der Waals surface area contributed by atoms with Crippen LogP contribution in [0.15, 0.2) is 12.2 Å². The molecule has 0 aromatic carbocycles. The van der Waals surface area contributed by atoms with Crippen molar-refractivity contribution in [3.63, 3.8) is 0 Å².